The lowest BCUT2D eigenvalue weighted by molar-refractivity contribution is -0.151. The van der Waals surface area contributed by atoms with Crippen LogP contribution in [-0.2, 0) is 9.53 Å². The minimum absolute atomic E-state index is 0.0137. The Morgan fingerprint density at radius 2 is 1.65 bits per heavy atom. The van der Waals surface area contributed by atoms with E-state index in [0.717, 1.165) is 30.4 Å². The van der Waals surface area contributed by atoms with Gasteiger partial charge in [-0.2, -0.15) is 0 Å². The van der Waals surface area contributed by atoms with Gasteiger partial charge in [0.25, 0.3) is 0 Å². The first-order valence-corrected chi connectivity index (χ1v) is 9.60. The minimum atomic E-state index is -0.116. The van der Waals surface area contributed by atoms with Crippen LogP contribution in [-0.4, -0.2) is 12.1 Å². The first-order valence-electron chi connectivity index (χ1n) is 9.60. The number of hydrogen-bond acceptors (Lipinski definition) is 2. The van der Waals surface area contributed by atoms with Crippen molar-refractivity contribution >= 4 is 5.97 Å². The van der Waals surface area contributed by atoms with Crippen molar-refractivity contribution < 1.29 is 9.53 Å². The highest BCUT2D eigenvalue weighted by Crippen LogP contribution is 2.36. The van der Waals surface area contributed by atoms with E-state index in [1.807, 2.05) is 31.2 Å². The van der Waals surface area contributed by atoms with Gasteiger partial charge in [-0.15, -0.1) is 0 Å². The molecule has 0 unspecified atom stereocenters. The first-order chi connectivity index (χ1) is 12.6. The second-order valence-electron chi connectivity index (χ2n) is 7.34. The number of ether oxygens (including phenoxy) is 1. The summed E-state index contributed by atoms with van der Waals surface area (Å²) in [5.74, 6) is 0.214. The Morgan fingerprint density at radius 3 is 2.31 bits per heavy atom. The van der Waals surface area contributed by atoms with Gasteiger partial charge in [0, 0.05) is 11.8 Å². The second kappa shape index (κ2) is 8.84. The number of rotatable bonds is 6. The maximum absolute atomic E-state index is 12.7. The molecule has 26 heavy (non-hydrogen) atoms. The molecule has 1 fully saturated rings. The molecule has 2 nitrogen and oxygen atoms in total. The van der Waals surface area contributed by atoms with E-state index in [0.29, 0.717) is 12.3 Å². The zero-order valence-corrected chi connectivity index (χ0v) is 15.6. The molecule has 3 atom stereocenters. The highest BCUT2D eigenvalue weighted by Gasteiger charge is 2.30. The molecule has 0 aromatic heterocycles. The maximum Gasteiger partial charge on any atom is 0.307 e. The molecule has 0 amide bonds. The van der Waals surface area contributed by atoms with Crippen LogP contribution in [0.1, 0.15) is 62.0 Å². The van der Waals surface area contributed by atoms with Crippen LogP contribution in [0.5, 0.6) is 0 Å². The molecule has 0 saturated heterocycles. The fourth-order valence-corrected chi connectivity index (χ4v) is 3.97. The minimum Gasteiger partial charge on any atom is -0.462 e. The van der Waals surface area contributed by atoms with Crippen LogP contribution in [0.3, 0.4) is 0 Å². The van der Waals surface area contributed by atoms with Crippen molar-refractivity contribution in [1.82, 2.24) is 0 Å². The largest absolute Gasteiger partial charge is 0.462 e. The Balaban J connectivity index is 1.68. The van der Waals surface area contributed by atoms with Gasteiger partial charge in [-0.05, 0) is 37.3 Å². The summed E-state index contributed by atoms with van der Waals surface area (Å²) >= 11 is 0. The molecular formula is C24H28O2. The topological polar surface area (TPSA) is 26.3 Å². The lowest BCUT2D eigenvalue weighted by Crippen LogP contribution is -2.29. The molecule has 1 aliphatic carbocycles. The Bertz CT molecular complexity index is 720. The van der Waals surface area contributed by atoms with Gasteiger partial charge >= 0.3 is 5.97 Å². The fraction of sp³-hybridized carbons (Fsp3) is 0.375. The van der Waals surface area contributed by atoms with Crippen LogP contribution < -0.4 is 0 Å². The van der Waals surface area contributed by atoms with Crippen molar-refractivity contribution in [2.45, 2.75) is 57.0 Å². The van der Waals surface area contributed by atoms with Gasteiger partial charge in [-0.3, -0.25) is 4.79 Å². The van der Waals surface area contributed by atoms with Gasteiger partial charge in [-0.1, -0.05) is 79.2 Å². The molecular weight excluding hydrogens is 320 g/mol. The first kappa shape index (κ1) is 18.4. The molecule has 0 aliphatic heterocycles. The van der Waals surface area contributed by atoms with Crippen molar-refractivity contribution in [3.8, 4) is 0 Å². The van der Waals surface area contributed by atoms with Gasteiger partial charge in [0.15, 0.2) is 0 Å². The average Bonchev–Trinajstić information content (AvgIpc) is 2.68. The van der Waals surface area contributed by atoms with E-state index in [4.69, 9.17) is 4.74 Å². The molecule has 136 valence electrons. The monoisotopic (exact) mass is 348 g/mol. The third-order valence-corrected chi connectivity index (χ3v) is 5.38. The summed E-state index contributed by atoms with van der Waals surface area (Å²) in [7, 11) is 0. The standard InChI is InChI=1S/C24H28O2/c1-18(2)22(20-13-7-4-8-14-20)17-24(25)26-23-16-10-9-15-21(23)19-11-5-3-6-12-19/h3-8,11-14,21-23H,1,9-10,15-17H2,2H3/t21-,22+,23+/m0/s1. The zero-order chi connectivity index (χ0) is 18.4. The molecule has 2 aromatic carbocycles. The maximum atomic E-state index is 12.7. The van der Waals surface area contributed by atoms with Gasteiger partial charge in [0.1, 0.15) is 6.10 Å². The smallest absolute Gasteiger partial charge is 0.307 e. The summed E-state index contributed by atoms with van der Waals surface area (Å²) in [5.41, 5.74) is 3.40. The molecule has 0 heterocycles. The quantitative estimate of drug-likeness (QED) is 0.472. The summed E-state index contributed by atoms with van der Waals surface area (Å²) < 4.78 is 5.98. The van der Waals surface area contributed by atoms with E-state index < -0.39 is 0 Å². The van der Waals surface area contributed by atoms with E-state index >= 15 is 0 Å². The van der Waals surface area contributed by atoms with Crippen molar-refractivity contribution in [3.05, 3.63) is 83.9 Å². The van der Waals surface area contributed by atoms with Crippen LogP contribution in [0.2, 0.25) is 0 Å². The number of allylic oxidation sites excluding steroid dienone is 1. The second-order valence-corrected chi connectivity index (χ2v) is 7.34. The van der Waals surface area contributed by atoms with E-state index in [9.17, 15) is 4.79 Å². The van der Waals surface area contributed by atoms with E-state index in [1.165, 1.54) is 12.0 Å². The summed E-state index contributed by atoms with van der Waals surface area (Å²) in [5, 5.41) is 0. The predicted octanol–water partition coefficient (Wildman–Crippen LogP) is 6.01. The molecule has 0 spiro atoms. The zero-order valence-electron chi connectivity index (χ0n) is 15.6. The molecule has 1 saturated carbocycles. The Morgan fingerprint density at radius 1 is 1.04 bits per heavy atom. The van der Waals surface area contributed by atoms with Crippen LogP contribution >= 0.6 is 0 Å². The average molecular weight is 348 g/mol. The number of carbonyl (C=O) groups excluding carboxylic acids is 1. The third-order valence-electron chi connectivity index (χ3n) is 5.38. The summed E-state index contributed by atoms with van der Waals surface area (Å²) in [4.78, 5) is 12.7. The molecule has 0 bridgehead atoms. The fourth-order valence-electron chi connectivity index (χ4n) is 3.97. The number of hydrogen-bond donors (Lipinski definition) is 0. The van der Waals surface area contributed by atoms with Gasteiger partial charge in [0.2, 0.25) is 0 Å². The van der Waals surface area contributed by atoms with E-state index in [2.05, 4.69) is 43.0 Å². The summed E-state index contributed by atoms with van der Waals surface area (Å²) in [6, 6.07) is 20.6. The normalized spacial score (nSPS) is 21.0. The highest BCUT2D eigenvalue weighted by molar-refractivity contribution is 5.71. The Labute approximate surface area is 156 Å². The third kappa shape index (κ3) is 4.63. The number of carbonyl (C=O) groups is 1. The lowest BCUT2D eigenvalue weighted by atomic mass is 9.81. The van der Waals surface area contributed by atoms with E-state index in [1.54, 1.807) is 0 Å². The molecule has 2 aromatic rings. The van der Waals surface area contributed by atoms with Crippen LogP contribution in [0, 0.1) is 0 Å². The summed E-state index contributed by atoms with van der Waals surface area (Å²) in [6.45, 7) is 6.07. The summed E-state index contributed by atoms with van der Waals surface area (Å²) in [6.07, 6.45) is 4.71. The van der Waals surface area contributed by atoms with Crippen LogP contribution in [0.25, 0.3) is 0 Å². The van der Waals surface area contributed by atoms with E-state index in [-0.39, 0.29) is 18.0 Å². The number of benzene rings is 2. The van der Waals surface area contributed by atoms with Crippen molar-refractivity contribution in [3.63, 3.8) is 0 Å². The van der Waals surface area contributed by atoms with Crippen LogP contribution in [0.15, 0.2) is 72.8 Å². The molecule has 2 heteroatoms. The van der Waals surface area contributed by atoms with Crippen molar-refractivity contribution in [1.29, 1.82) is 0 Å². The SMILES string of the molecule is C=C(C)[C@@H](CC(=O)O[C@@H]1CCCC[C@H]1c1ccccc1)c1ccccc1. The Kier molecular flexibility index (Phi) is 6.27. The molecule has 0 N–H and O–H groups in total. The molecule has 0 radical (unpaired) electrons. The van der Waals surface area contributed by atoms with Crippen molar-refractivity contribution in [2.75, 3.05) is 0 Å². The predicted molar refractivity (Wildman–Crippen MR) is 106 cm³/mol. The number of esters is 1. The van der Waals surface area contributed by atoms with Gasteiger partial charge in [-0.25, -0.2) is 0 Å². The Hall–Kier alpha value is -2.35. The highest BCUT2D eigenvalue weighted by atomic mass is 16.5. The molecule has 3 rings (SSSR count). The van der Waals surface area contributed by atoms with Crippen LogP contribution in [0.4, 0.5) is 0 Å². The van der Waals surface area contributed by atoms with Crippen molar-refractivity contribution in [2.24, 2.45) is 0 Å². The molecule has 1 aliphatic rings. The lowest BCUT2D eigenvalue weighted by Gasteiger charge is -2.32. The van der Waals surface area contributed by atoms with Gasteiger partial charge in [0.05, 0.1) is 6.42 Å². The van der Waals surface area contributed by atoms with Gasteiger partial charge < -0.3 is 4.74 Å².